The zero-order chi connectivity index (χ0) is 18.9. The van der Waals surface area contributed by atoms with Crippen molar-refractivity contribution < 1.29 is 14.3 Å². The van der Waals surface area contributed by atoms with Crippen LogP contribution in [0.1, 0.15) is 32.1 Å². The smallest absolute Gasteiger partial charge is 0.222 e. The molecule has 1 aliphatic heterocycles. The summed E-state index contributed by atoms with van der Waals surface area (Å²) in [6.45, 7) is 2.30. The van der Waals surface area contributed by atoms with Crippen LogP contribution >= 0.6 is 46.4 Å². The zero-order valence-corrected chi connectivity index (χ0v) is 17.3. The molecule has 0 atom stereocenters. The van der Waals surface area contributed by atoms with Gasteiger partial charge in [0.1, 0.15) is 16.8 Å². The number of piperidine rings is 1. The number of benzene rings is 1. The predicted octanol–water partition coefficient (Wildman–Crippen LogP) is 5.86. The van der Waals surface area contributed by atoms with E-state index in [9.17, 15) is 4.79 Å². The Hall–Kier alpha value is -0.810. The summed E-state index contributed by atoms with van der Waals surface area (Å²) >= 11 is 23.5. The Kier molecular flexibility index (Phi) is 9.20. The molecule has 26 heavy (non-hydrogen) atoms. The lowest BCUT2D eigenvalue weighted by Crippen LogP contribution is -2.35. The number of carbonyl (C=O) groups is 1. The van der Waals surface area contributed by atoms with Crippen LogP contribution in [0.5, 0.6) is 11.5 Å². The number of nitrogens with zero attached hydrogens (tertiary/aromatic N) is 1. The molecular formula is C18H21Cl4NO3. The second kappa shape index (κ2) is 11.1. The van der Waals surface area contributed by atoms with Crippen molar-refractivity contribution in [3.63, 3.8) is 0 Å². The Morgan fingerprint density at radius 2 is 1.73 bits per heavy atom. The van der Waals surface area contributed by atoms with E-state index in [1.54, 1.807) is 12.1 Å². The maximum atomic E-state index is 12.1. The van der Waals surface area contributed by atoms with Crippen molar-refractivity contribution >= 4 is 52.3 Å². The van der Waals surface area contributed by atoms with Crippen molar-refractivity contribution in [2.45, 2.75) is 32.1 Å². The van der Waals surface area contributed by atoms with E-state index in [1.165, 1.54) is 12.5 Å². The van der Waals surface area contributed by atoms with Gasteiger partial charge in [0, 0.05) is 31.6 Å². The predicted molar refractivity (Wildman–Crippen MR) is 107 cm³/mol. The van der Waals surface area contributed by atoms with E-state index in [4.69, 9.17) is 55.9 Å². The van der Waals surface area contributed by atoms with Gasteiger partial charge < -0.3 is 14.4 Å². The molecule has 1 amide bonds. The Morgan fingerprint density at radius 1 is 1.08 bits per heavy atom. The molecule has 0 aliphatic carbocycles. The standard InChI is InChI=1S/C18H21Cl4NO3/c19-14-11-13(25-10-6-16(21)22)12-15(20)18(14)26-9-4-5-17(24)23-7-2-1-3-8-23/h6,11-12H,1-5,7-10H2. The summed E-state index contributed by atoms with van der Waals surface area (Å²) < 4.78 is 11.2. The van der Waals surface area contributed by atoms with Crippen LogP contribution in [0.2, 0.25) is 10.0 Å². The molecule has 2 rings (SSSR count). The zero-order valence-electron chi connectivity index (χ0n) is 14.3. The summed E-state index contributed by atoms with van der Waals surface area (Å²) in [5, 5.41) is 0.687. The topological polar surface area (TPSA) is 38.8 Å². The third-order valence-corrected chi connectivity index (χ3v) is 4.82. The largest absolute Gasteiger partial charge is 0.490 e. The molecule has 1 heterocycles. The first-order chi connectivity index (χ1) is 12.5. The molecule has 0 bridgehead atoms. The van der Waals surface area contributed by atoms with E-state index >= 15 is 0 Å². The first kappa shape index (κ1) is 21.5. The highest BCUT2D eigenvalue weighted by atomic mass is 35.5. The summed E-state index contributed by atoms with van der Waals surface area (Å²) in [5.74, 6) is 1.05. The molecule has 1 aromatic carbocycles. The molecule has 0 saturated carbocycles. The Morgan fingerprint density at radius 3 is 2.35 bits per heavy atom. The highest BCUT2D eigenvalue weighted by Crippen LogP contribution is 2.37. The number of amides is 1. The minimum Gasteiger partial charge on any atom is -0.490 e. The molecule has 0 N–H and O–H groups in total. The van der Waals surface area contributed by atoms with Gasteiger partial charge >= 0.3 is 0 Å². The number of likely N-dealkylation sites (tertiary alicyclic amines) is 1. The summed E-state index contributed by atoms with van der Waals surface area (Å²) in [6.07, 6.45) is 5.97. The van der Waals surface area contributed by atoms with E-state index in [-0.39, 0.29) is 17.0 Å². The molecule has 4 nitrogen and oxygen atoms in total. The molecule has 0 unspecified atom stereocenters. The van der Waals surface area contributed by atoms with Crippen LogP contribution in [0.4, 0.5) is 0 Å². The lowest BCUT2D eigenvalue weighted by Gasteiger charge is -2.26. The monoisotopic (exact) mass is 439 g/mol. The van der Waals surface area contributed by atoms with Crippen LogP contribution in [0.15, 0.2) is 22.7 Å². The normalized spacial score (nSPS) is 14.1. The SMILES string of the molecule is O=C(CCCOc1c(Cl)cc(OCC=C(Cl)Cl)cc1Cl)N1CCCCC1. The van der Waals surface area contributed by atoms with Gasteiger partial charge in [0.25, 0.3) is 0 Å². The maximum absolute atomic E-state index is 12.1. The van der Waals surface area contributed by atoms with Gasteiger partial charge in [-0.3, -0.25) is 4.79 Å². The molecule has 1 aromatic rings. The molecule has 0 spiro atoms. The van der Waals surface area contributed by atoms with Gasteiger partial charge in [-0.25, -0.2) is 0 Å². The minimum atomic E-state index is 0.126. The van der Waals surface area contributed by atoms with Gasteiger partial charge in [0.15, 0.2) is 5.75 Å². The third-order valence-electron chi connectivity index (χ3n) is 3.95. The van der Waals surface area contributed by atoms with Gasteiger partial charge in [-0.05, 0) is 31.8 Å². The molecule has 144 valence electrons. The molecule has 1 aliphatic rings. The van der Waals surface area contributed by atoms with Crippen LogP contribution < -0.4 is 9.47 Å². The Bertz CT molecular complexity index is 618. The number of halogens is 4. The van der Waals surface area contributed by atoms with E-state index in [0.717, 1.165) is 25.9 Å². The lowest BCUT2D eigenvalue weighted by molar-refractivity contribution is -0.132. The summed E-state index contributed by atoms with van der Waals surface area (Å²) in [5.41, 5.74) is 0. The number of carbonyl (C=O) groups excluding carboxylic acids is 1. The number of rotatable bonds is 8. The van der Waals surface area contributed by atoms with E-state index < -0.39 is 0 Å². The van der Waals surface area contributed by atoms with Crippen molar-refractivity contribution in [2.24, 2.45) is 0 Å². The minimum absolute atomic E-state index is 0.126. The number of hydrogen-bond acceptors (Lipinski definition) is 3. The lowest BCUT2D eigenvalue weighted by atomic mass is 10.1. The summed E-state index contributed by atoms with van der Waals surface area (Å²) in [6, 6.07) is 3.22. The van der Waals surface area contributed by atoms with Crippen LogP contribution in [0.3, 0.4) is 0 Å². The van der Waals surface area contributed by atoms with Gasteiger partial charge in [-0.1, -0.05) is 46.4 Å². The fourth-order valence-electron chi connectivity index (χ4n) is 2.66. The maximum Gasteiger partial charge on any atom is 0.222 e. The van der Waals surface area contributed by atoms with E-state index in [2.05, 4.69) is 0 Å². The summed E-state index contributed by atoms with van der Waals surface area (Å²) in [4.78, 5) is 14.0. The van der Waals surface area contributed by atoms with E-state index in [0.29, 0.717) is 41.0 Å². The first-order valence-electron chi connectivity index (χ1n) is 8.51. The highest BCUT2D eigenvalue weighted by molar-refractivity contribution is 6.55. The molecular weight excluding hydrogens is 420 g/mol. The Labute approximate surface area is 173 Å². The highest BCUT2D eigenvalue weighted by Gasteiger charge is 2.16. The van der Waals surface area contributed by atoms with Gasteiger partial charge in [-0.15, -0.1) is 0 Å². The molecule has 1 saturated heterocycles. The average molecular weight is 441 g/mol. The molecule has 8 heteroatoms. The van der Waals surface area contributed by atoms with Crippen molar-refractivity contribution in [1.29, 1.82) is 0 Å². The van der Waals surface area contributed by atoms with Crippen LogP contribution in [0.25, 0.3) is 0 Å². The number of hydrogen-bond donors (Lipinski definition) is 0. The fraction of sp³-hybridized carbons (Fsp3) is 0.500. The molecule has 1 fully saturated rings. The fourth-order valence-corrected chi connectivity index (χ4v) is 3.36. The van der Waals surface area contributed by atoms with Crippen molar-refractivity contribution in [3.05, 3.63) is 32.7 Å². The van der Waals surface area contributed by atoms with Gasteiger partial charge in [0.2, 0.25) is 5.91 Å². The average Bonchev–Trinajstić information content (AvgIpc) is 2.60. The van der Waals surface area contributed by atoms with Crippen molar-refractivity contribution in [3.8, 4) is 11.5 Å². The number of ether oxygens (including phenoxy) is 2. The second-order valence-corrected chi connectivity index (χ2v) is 7.74. The third kappa shape index (κ3) is 7.07. The Balaban J connectivity index is 1.79. The van der Waals surface area contributed by atoms with Crippen LogP contribution in [-0.4, -0.2) is 37.1 Å². The van der Waals surface area contributed by atoms with Crippen molar-refractivity contribution in [1.82, 2.24) is 4.90 Å². The van der Waals surface area contributed by atoms with Crippen LogP contribution in [-0.2, 0) is 4.79 Å². The van der Waals surface area contributed by atoms with Gasteiger partial charge in [-0.2, -0.15) is 0 Å². The second-order valence-electron chi connectivity index (χ2n) is 5.91. The van der Waals surface area contributed by atoms with Gasteiger partial charge in [0.05, 0.1) is 16.7 Å². The first-order valence-corrected chi connectivity index (χ1v) is 10.0. The molecule has 0 aromatic heterocycles. The quantitative estimate of drug-likeness (QED) is 0.475. The molecule has 0 radical (unpaired) electrons. The van der Waals surface area contributed by atoms with Crippen molar-refractivity contribution in [2.75, 3.05) is 26.3 Å². The summed E-state index contributed by atoms with van der Waals surface area (Å²) in [7, 11) is 0. The van der Waals surface area contributed by atoms with E-state index in [1.807, 2.05) is 4.90 Å². The van der Waals surface area contributed by atoms with Crippen LogP contribution in [0, 0.1) is 0 Å².